The molecule has 16 heavy (non-hydrogen) atoms. The first-order chi connectivity index (χ1) is 7.56. The van der Waals surface area contributed by atoms with Crippen LogP contribution >= 0.6 is 0 Å². The minimum Gasteiger partial charge on any atom is -0.0654 e. The largest absolute Gasteiger partial charge is 0.0654 e. The second-order valence-corrected chi connectivity index (χ2v) is 5.90. The fourth-order valence-electron chi connectivity index (χ4n) is 2.79. The highest BCUT2D eigenvalue weighted by Crippen LogP contribution is 2.31. The van der Waals surface area contributed by atoms with Gasteiger partial charge < -0.3 is 0 Å². The molecule has 0 fully saturated rings. The van der Waals surface area contributed by atoms with Gasteiger partial charge in [-0.1, -0.05) is 73.6 Å². The van der Waals surface area contributed by atoms with Crippen molar-refractivity contribution >= 4 is 0 Å². The average molecular weight is 226 g/mol. The van der Waals surface area contributed by atoms with Gasteiger partial charge in [0.1, 0.15) is 0 Å². The van der Waals surface area contributed by atoms with E-state index in [-0.39, 0.29) is 0 Å². The fourth-order valence-corrected chi connectivity index (χ4v) is 2.79. The van der Waals surface area contributed by atoms with Crippen LogP contribution in [0.5, 0.6) is 0 Å². The van der Waals surface area contributed by atoms with Crippen LogP contribution in [0.3, 0.4) is 0 Å². The van der Waals surface area contributed by atoms with E-state index in [2.05, 4.69) is 41.5 Å². The third kappa shape index (κ3) is 5.92. The van der Waals surface area contributed by atoms with E-state index in [1.807, 2.05) is 0 Å². The smallest absolute Gasteiger partial charge is 0.0389 e. The van der Waals surface area contributed by atoms with Crippen molar-refractivity contribution in [1.82, 2.24) is 0 Å². The average Bonchev–Trinajstić information content (AvgIpc) is 2.29. The molecule has 0 bridgehead atoms. The summed E-state index contributed by atoms with van der Waals surface area (Å²) in [4.78, 5) is 0. The lowest BCUT2D eigenvalue weighted by Gasteiger charge is -2.29. The second kappa shape index (κ2) is 9.07. The molecule has 0 nitrogen and oxygen atoms in total. The Bertz CT molecular complexity index is 150. The maximum Gasteiger partial charge on any atom is -0.0389 e. The lowest BCUT2D eigenvalue weighted by atomic mass is 9.76. The van der Waals surface area contributed by atoms with Crippen molar-refractivity contribution < 1.29 is 0 Å². The maximum absolute atomic E-state index is 2.48. The highest BCUT2D eigenvalue weighted by Gasteiger charge is 2.21. The van der Waals surface area contributed by atoms with Crippen molar-refractivity contribution in [3.8, 4) is 0 Å². The second-order valence-electron chi connectivity index (χ2n) is 5.90. The van der Waals surface area contributed by atoms with Gasteiger partial charge in [-0.2, -0.15) is 0 Å². The molecule has 0 aromatic rings. The molecule has 0 aromatic heterocycles. The third-order valence-corrected chi connectivity index (χ3v) is 4.57. The van der Waals surface area contributed by atoms with Gasteiger partial charge in [0.25, 0.3) is 0 Å². The van der Waals surface area contributed by atoms with Crippen LogP contribution in [0.2, 0.25) is 0 Å². The molecule has 0 rings (SSSR count). The topological polar surface area (TPSA) is 0 Å². The predicted octanol–water partition coefficient (Wildman–Crippen LogP) is 5.91. The summed E-state index contributed by atoms with van der Waals surface area (Å²) in [6.45, 7) is 14.3. The number of unbranched alkanes of at least 4 members (excludes halogenated alkanes) is 1. The molecule has 4 atom stereocenters. The van der Waals surface area contributed by atoms with Crippen LogP contribution in [0.1, 0.15) is 80.1 Å². The van der Waals surface area contributed by atoms with Gasteiger partial charge in [-0.3, -0.25) is 0 Å². The molecule has 0 saturated heterocycles. The summed E-state index contributed by atoms with van der Waals surface area (Å²) in [5, 5.41) is 0. The van der Waals surface area contributed by atoms with Crippen molar-refractivity contribution in [1.29, 1.82) is 0 Å². The van der Waals surface area contributed by atoms with Crippen LogP contribution in [0, 0.1) is 23.7 Å². The Hall–Kier alpha value is 0. The van der Waals surface area contributed by atoms with Crippen LogP contribution in [0.15, 0.2) is 0 Å². The molecule has 0 spiro atoms. The predicted molar refractivity (Wildman–Crippen MR) is 75.7 cm³/mol. The van der Waals surface area contributed by atoms with Crippen LogP contribution in [-0.4, -0.2) is 0 Å². The number of hydrogen-bond acceptors (Lipinski definition) is 0. The minimum absolute atomic E-state index is 0.900. The lowest BCUT2D eigenvalue weighted by molar-refractivity contribution is 0.208. The molecule has 0 radical (unpaired) electrons. The Morgan fingerprint density at radius 3 is 1.94 bits per heavy atom. The van der Waals surface area contributed by atoms with Gasteiger partial charge in [0.15, 0.2) is 0 Å². The van der Waals surface area contributed by atoms with E-state index in [9.17, 15) is 0 Å². The Kier molecular flexibility index (Phi) is 9.07. The third-order valence-electron chi connectivity index (χ3n) is 4.57. The van der Waals surface area contributed by atoms with E-state index in [4.69, 9.17) is 0 Å². The maximum atomic E-state index is 2.48. The van der Waals surface area contributed by atoms with Gasteiger partial charge in [-0.05, 0) is 30.1 Å². The van der Waals surface area contributed by atoms with Crippen LogP contribution in [-0.2, 0) is 0 Å². The number of rotatable bonds is 9. The Balaban J connectivity index is 4.09. The van der Waals surface area contributed by atoms with Crippen LogP contribution in [0.25, 0.3) is 0 Å². The SMILES string of the molecule is CCCCC(CC)C(C)C(C)CC(C)CC. The molecule has 4 unspecified atom stereocenters. The molecular formula is C16H34. The molecule has 0 saturated carbocycles. The highest BCUT2D eigenvalue weighted by atomic mass is 14.3. The van der Waals surface area contributed by atoms with Gasteiger partial charge in [-0.25, -0.2) is 0 Å². The van der Waals surface area contributed by atoms with Crippen LogP contribution < -0.4 is 0 Å². The molecule has 0 N–H and O–H groups in total. The standard InChI is InChI=1S/C16H34/c1-7-10-11-16(9-3)15(6)14(5)12-13(4)8-2/h13-16H,7-12H2,1-6H3. The fraction of sp³-hybridized carbons (Fsp3) is 1.00. The molecule has 0 heteroatoms. The Labute approximate surface area is 104 Å². The first-order valence-electron chi connectivity index (χ1n) is 7.56. The molecule has 0 aliphatic heterocycles. The monoisotopic (exact) mass is 226 g/mol. The minimum atomic E-state index is 0.900. The van der Waals surface area contributed by atoms with E-state index in [1.54, 1.807) is 0 Å². The quantitative estimate of drug-likeness (QED) is 0.458. The van der Waals surface area contributed by atoms with Crippen LogP contribution in [0.4, 0.5) is 0 Å². The van der Waals surface area contributed by atoms with E-state index in [0.717, 1.165) is 23.7 Å². The van der Waals surface area contributed by atoms with Crippen molar-refractivity contribution in [2.45, 2.75) is 80.1 Å². The summed E-state index contributed by atoms with van der Waals surface area (Å²) in [6.07, 6.45) is 8.33. The molecule has 0 aliphatic carbocycles. The Morgan fingerprint density at radius 1 is 0.875 bits per heavy atom. The van der Waals surface area contributed by atoms with Gasteiger partial charge in [0, 0.05) is 0 Å². The summed E-state index contributed by atoms with van der Waals surface area (Å²) in [7, 11) is 0. The van der Waals surface area contributed by atoms with E-state index >= 15 is 0 Å². The first kappa shape index (κ1) is 16.0. The van der Waals surface area contributed by atoms with Crippen molar-refractivity contribution in [2.24, 2.45) is 23.7 Å². The Morgan fingerprint density at radius 2 is 1.50 bits per heavy atom. The summed E-state index contributed by atoms with van der Waals surface area (Å²) in [5.74, 6) is 3.67. The van der Waals surface area contributed by atoms with E-state index in [1.165, 1.54) is 38.5 Å². The normalized spacial score (nSPS) is 19.1. The molecule has 98 valence electrons. The van der Waals surface area contributed by atoms with Crippen molar-refractivity contribution in [3.05, 3.63) is 0 Å². The molecule has 0 amide bonds. The van der Waals surface area contributed by atoms with Gasteiger partial charge >= 0.3 is 0 Å². The first-order valence-corrected chi connectivity index (χ1v) is 7.56. The van der Waals surface area contributed by atoms with E-state index in [0.29, 0.717) is 0 Å². The lowest BCUT2D eigenvalue weighted by Crippen LogP contribution is -2.20. The summed E-state index contributed by atoms with van der Waals surface area (Å²) in [5.41, 5.74) is 0. The van der Waals surface area contributed by atoms with Gasteiger partial charge in [-0.15, -0.1) is 0 Å². The van der Waals surface area contributed by atoms with Gasteiger partial charge in [0.2, 0.25) is 0 Å². The zero-order chi connectivity index (χ0) is 12.6. The summed E-state index contributed by atoms with van der Waals surface area (Å²) < 4.78 is 0. The zero-order valence-corrected chi connectivity index (χ0v) is 12.6. The van der Waals surface area contributed by atoms with E-state index < -0.39 is 0 Å². The molecule has 0 heterocycles. The highest BCUT2D eigenvalue weighted by molar-refractivity contribution is 4.72. The summed E-state index contributed by atoms with van der Waals surface area (Å²) in [6, 6.07) is 0. The summed E-state index contributed by atoms with van der Waals surface area (Å²) >= 11 is 0. The van der Waals surface area contributed by atoms with Crippen molar-refractivity contribution in [3.63, 3.8) is 0 Å². The zero-order valence-electron chi connectivity index (χ0n) is 12.6. The van der Waals surface area contributed by atoms with Crippen molar-refractivity contribution in [2.75, 3.05) is 0 Å². The number of hydrogen-bond donors (Lipinski definition) is 0. The molecular weight excluding hydrogens is 192 g/mol. The van der Waals surface area contributed by atoms with Gasteiger partial charge in [0.05, 0.1) is 0 Å². The molecule has 0 aliphatic rings. The molecule has 0 aromatic carbocycles.